The molecule has 0 aromatic heterocycles. The van der Waals surface area contributed by atoms with Crippen LogP contribution in [0.25, 0.3) is 0 Å². The minimum atomic E-state index is -0.277. The van der Waals surface area contributed by atoms with Gasteiger partial charge in [0.05, 0.1) is 0 Å². The van der Waals surface area contributed by atoms with E-state index in [9.17, 15) is 4.79 Å². The third-order valence-electron chi connectivity index (χ3n) is 3.12. The molecule has 0 aliphatic heterocycles. The highest BCUT2D eigenvalue weighted by Crippen LogP contribution is 2.24. The first-order valence-electron chi connectivity index (χ1n) is 7.02. The number of ether oxygens (including phenoxy) is 1. The van der Waals surface area contributed by atoms with Gasteiger partial charge in [-0.15, -0.1) is 0 Å². The lowest BCUT2D eigenvalue weighted by molar-refractivity contribution is -0.146. The van der Waals surface area contributed by atoms with Crippen LogP contribution in [-0.2, 0) is 9.53 Å². The Morgan fingerprint density at radius 1 is 1.12 bits per heavy atom. The zero-order chi connectivity index (χ0) is 13.1. The summed E-state index contributed by atoms with van der Waals surface area (Å²) in [6.07, 6.45) is 9.26. The fraction of sp³-hybridized carbons (Fsp3) is 0.800. The predicted octanol–water partition coefficient (Wildman–Crippen LogP) is 4.49. The Kier molecular flexibility index (Phi) is 9.89. The van der Waals surface area contributed by atoms with Crippen LogP contribution in [0.1, 0.15) is 65.7 Å². The molecule has 2 unspecified atom stereocenters. The van der Waals surface area contributed by atoms with Crippen molar-refractivity contribution in [3.05, 3.63) is 12.7 Å². The van der Waals surface area contributed by atoms with Crippen molar-refractivity contribution < 1.29 is 9.53 Å². The van der Waals surface area contributed by atoms with E-state index in [1.165, 1.54) is 25.3 Å². The smallest absolute Gasteiger partial charge is 0.330 e. The van der Waals surface area contributed by atoms with Gasteiger partial charge in [-0.2, -0.15) is 0 Å². The Morgan fingerprint density at radius 3 is 2.24 bits per heavy atom. The lowest BCUT2D eigenvalue weighted by Gasteiger charge is -2.26. The van der Waals surface area contributed by atoms with E-state index in [4.69, 9.17) is 4.74 Å². The number of esters is 1. The van der Waals surface area contributed by atoms with Gasteiger partial charge in [-0.3, -0.25) is 0 Å². The monoisotopic (exact) mass is 240 g/mol. The number of hydrogen-bond donors (Lipinski definition) is 0. The molecule has 0 N–H and O–H groups in total. The fourth-order valence-electron chi connectivity index (χ4n) is 2.23. The summed E-state index contributed by atoms with van der Waals surface area (Å²) in [4.78, 5) is 11.3. The molecule has 0 heterocycles. The van der Waals surface area contributed by atoms with Crippen LogP contribution < -0.4 is 0 Å². The third-order valence-corrected chi connectivity index (χ3v) is 3.12. The summed E-state index contributed by atoms with van der Waals surface area (Å²) < 4.78 is 5.49. The molecule has 17 heavy (non-hydrogen) atoms. The molecule has 100 valence electrons. The average Bonchev–Trinajstić information content (AvgIpc) is 2.33. The molecule has 0 aliphatic carbocycles. The largest absolute Gasteiger partial charge is 0.459 e. The topological polar surface area (TPSA) is 26.3 Å². The van der Waals surface area contributed by atoms with E-state index in [0.29, 0.717) is 5.92 Å². The minimum absolute atomic E-state index is 0.0806. The number of carbonyl (C=O) groups excluding carboxylic acids is 1. The Bertz CT molecular complexity index is 211. The van der Waals surface area contributed by atoms with E-state index in [1.54, 1.807) is 0 Å². The van der Waals surface area contributed by atoms with E-state index < -0.39 is 0 Å². The van der Waals surface area contributed by atoms with Gasteiger partial charge in [-0.05, 0) is 25.2 Å². The highest BCUT2D eigenvalue weighted by atomic mass is 16.5. The molecule has 2 nitrogen and oxygen atoms in total. The normalized spacial score (nSPS) is 14.1. The van der Waals surface area contributed by atoms with Gasteiger partial charge in [-0.1, -0.05) is 53.0 Å². The molecule has 0 aromatic carbocycles. The molecular weight excluding hydrogens is 212 g/mol. The zero-order valence-corrected chi connectivity index (χ0v) is 11.7. The molecule has 2 heteroatoms. The molecular formula is C15H28O2. The molecule has 0 rings (SSSR count). The summed E-state index contributed by atoms with van der Waals surface area (Å²) in [6, 6.07) is 0. The van der Waals surface area contributed by atoms with Crippen LogP contribution in [0.5, 0.6) is 0 Å². The van der Waals surface area contributed by atoms with Crippen LogP contribution in [-0.4, -0.2) is 12.1 Å². The fourth-order valence-corrected chi connectivity index (χ4v) is 2.23. The van der Waals surface area contributed by atoms with Crippen molar-refractivity contribution in [1.29, 1.82) is 0 Å². The van der Waals surface area contributed by atoms with E-state index in [0.717, 1.165) is 25.7 Å². The van der Waals surface area contributed by atoms with Gasteiger partial charge in [0.25, 0.3) is 0 Å². The first kappa shape index (κ1) is 16.2. The maximum atomic E-state index is 11.3. The lowest BCUT2D eigenvalue weighted by atomic mass is 9.89. The van der Waals surface area contributed by atoms with Crippen molar-refractivity contribution in [3.63, 3.8) is 0 Å². The molecule has 0 aromatic rings. The maximum absolute atomic E-state index is 11.3. The Balaban J connectivity index is 4.44. The summed E-state index contributed by atoms with van der Waals surface area (Å²) in [6.45, 7) is 10.00. The van der Waals surface area contributed by atoms with Gasteiger partial charge in [0.1, 0.15) is 6.10 Å². The first-order chi connectivity index (χ1) is 8.19. The molecule has 0 spiro atoms. The Morgan fingerprint density at radius 2 is 1.76 bits per heavy atom. The molecule has 0 saturated carbocycles. The van der Waals surface area contributed by atoms with Gasteiger partial charge < -0.3 is 4.74 Å². The number of hydrogen-bond acceptors (Lipinski definition) is 2. The second kappa shape index (κ2) is 10.4. The van der Waals surface area contributed by atoms with E-state index >= 15 is 0 Å². The molecule has 0 aliphatic rings. The summed E-state index contributed by atoms with van der Waals surface area (Å²) in [5, 5.41) is 0. The highest BCUT2D eigenvalue weighted by molar-refractivity contribution is 5.81. The van der Waals surface area contributed by atoms with Crippen molar-refractivity contribution in [1.82, 2.24) is 0 Å². The van der Waals surface area contributed by atoms with Crippen LogP contribution in [0.15, 0.2) is 12.7 Å². The Labute approximate surface area is 106 Å². The molecule has 0 radical (unpaired) electrons. The van der Waals surface area contributed by atoms with Crippen LogP contribution in [0.4, 0.5) is 0 Å². The highest BCUT2D eigenvalue weighted by Gasteiger charge is 2.22. The molecule has 2 atom stereocenters. The molecule has 0 bridgehead atoms. The van der Waals surface area contributed by atoms with Crippen molar-refractivity contribution >= 4 is 5.97 Å². The van der Waals surface area contributed by atoms with Crippen LogP contribution in [0.3, 0.4) is 0 Å². The van der Waals surface area contributed by atoms with Crippen molar-refractivity contribution in [2.24, 2.45) is 5.92 Å². The first-order valence-corrected chi connectivity index (χ1v) is 7.02. The average molecular weight is 240 g/mol. The van der Waals surface area contributed by atoms with Gasteiger partial charge >= 0.3 is 5.97 Å². The van der Waals surface area contributed by atoms with Crippen molar-refractivity contribution in [3.8, 4) is 0 Å². The van der Waals surface area contributed by atoms with Gasteiger partial charge in [-0.25, -0.2) is 4.79 Å². The van der Waals surface area contributed by atoms with Crippen LogP contribution in [0, 0.1) is 5.92 Å². The third kappa shape index (κ3) is 7.19. The second-order valence-corrected chi connectivity index (χ2v) is 4.66. The molecule has 0 saturated heterocycles. The second-order valence-electron chi connectivity index (χ2n) is 4.66. The summed E-state index contributed by atoms with van der Waals surface area (Å²) in [7, 11) is 0. The lowest BCUT2D eigenvalue weighted by Crippen LogP contribution is -2.26. The standard InChI is InChI=1S/C15H28O2/c1-5-9-12-13(10-6-2)14(11-7-3)17-15(16)8-4/h8,13-14H,4-7,9-12H2,1-3H3. The minimum Gasteiger partial charge on any atom is -0.459 e. The Hall–Kier alpha value is -0.790. The predicted molar refractivity (Wildman–Crippen MR) is 72.9 cm³/mol. The quantitative estimate of drug-likeness (QED) is 0.415. The van der Waals surface area contributed by atoms with Crippen molar-refractivity contribution in [2.75, 3.05) is 0 Å². The van der Waals surface area contributed by atoms with Gasteiger partial charge in [0.2, 0.25) is 0 Å². The SMILES string of the molecule is C=CC(=O)OC(CCC)C(CCC)CCCC. The number of unbranched alkanes of at least 4 members (excludes halogenated alkanes) is 1. The van der Waals surface area contributed by atoms with Crippen LogP contribution >= 0.6 is 0 Å². The molecule has 0 fully saturated rings. The number of carbonyl (C=O) groups is 1. The van der Waals surface area contributed by atoms with E-state index in [-0.39, 0.29) is 12.1 Å². The molecule has 0 amide bonds. The van der Waals surface area contributed by atoms with E-state index in [2.05, 4.69) is 27.4 Å². The zero-order valence-electron chi connectivity index (χ0n) is 11.7. The summed E-state index contributed by atoms with van der Waals surface area (Å²) in [5.74, 6) is 0.241. The summed E-state index contributed by atoms with van der Waals surface area (Å²) in [5.41, 5.74) is 0. The van der Waals surface area contributed by atoms with Gasteiger partial charge in [0, 0.05) is 6.08 Å². The van der Waals surface area contributed by atoms with Crippen molar-refractivity contribution in [2.45, 2.75) is 71.8 Å². The van der Waals surface area contributed by atoms with Crippen LogP contribution in [0.2, 0.25) is 0 Å². The van der Waals surface area contributed by atoms with Gasteiger partial charge in [0.15, 0.2) is 0 Å². The summed E-state index contributed by atoms with van der Waals surface area (Å²) >= 11 is 0. The maximum Gasteiger partial charge on any atom is 0.330 e. The number of rotatable bonds is 10. The van der Waals surface area contributed by atoms with E-state index in [1.807, 2.05) is 0 Å².